The minimum Gasteiger partial charge on any atom is -0.427 e. The van der Waals surface area contributed by atoms with Gasteiger partial charge in [0.15, 0.2) is 0 Å². The van der Waals surface area contributed by atoms with Crippen LogP contribution in [0.4, 0.5) is 4.79 Å². The molecule has 6 heteroatoms. The van der Waals surface area contributed by atoms with Gasteiger partial charge in [-0.2, -0.15) is 0 Å². The highest BCUT2D eigenvalue weighted by Crippen LogP contribution is 2.28. The number of hydrogen-bond acceptors (Lipinski definition) is 4. The van der Waals surface area contributed by atoms with Gasteiger partial charge in [0, 0.05) is 19.8 Å². The number of amides is 2. The van der Waals surface area contributed by atoms with Crippen molar-refractivity contribution in [2.75, 3.05) is 13.6 Å². The molecule has 0 bridgehead atoms. The van der Waals surface area contributed by atoms with Crippen LogP contribution >= 0.6 is 11.8 Å². The van der Waals surface area contributed by atoms with Crippen LogP contribution in [0.15, 0.2) is 41.9 Å². The van der Waals surface area contributed by atoms with Crippen molar-refractivity contribution < 1.29 is 14.3 Å². The third kappa shape index (κ3) is 4.04. The second kappa shape index (κ2) is 7.89. The average molecular weight is 320 g/mol. The second-order valence-corrected chi connectivity index (χ2v) is 5.91. The Bertz CT molecular complexity index is 548. The maximum Gasteiger partial charge on any atom is 0.340 e. The first-order chi connectivity index (χ1) is 10.6. The summed E-state index contributed by atoms with van der Waals surface area (Å²) in [6.07, 6.45) is 3.62. The molecule has 0 saturated carbocycles. The molecule has 0 aliphatic carbocycles. The molecule has 1 atom stereocenters. The zero-order chi connectivity index (χ0) is 15.9. The largest absolute Gasteiger partial charge is 0.427 e. The van der Waals surface area contributed by atoms with Crippen LogP contribution in [-0.4, -0.2) is 41.0 Å². The molecule has 0 radical (unpaired) electrons. The number of carbonyl (C=O) groups is 2. The number of ether oxygens (including phenoxy) is 1. The highest BCUT2D eigenvalue weighted by Gasteiger charge is 2.31. The summed E-state index contributed by atoms with van der Waals surface area (Å²) >= 11 is 1.30. The van der Waals surface area contributed by atoms with Crippen molar-refractivity contribution in [3.8, 4) is 0 Å². The van der Waals surface area contributed by atoms with Crippen LogP contribution in [-0.2, 0) is 4.74 Å². The van der Waals surface area contributed by atoms with E-state index in [1.165, 1.54) is 16.7 Å². The van der Waals surface area contributed by atoms with Gasteiger partial charge in [-0.1, -0.05) is 43.3 Å². The minimum absolute atomic E-state index is 0.166. The Kier molecular flexibility index (Phi) is 5.89. The van der Waals surface area contributed by atoms with Gasteiger partial charge in [-0.05, 0) is 24.0 Å². The predicted molar refractivity (Wildman–Crippen MR) is 87.1 cm³/mol. The lowest BCUT2D eigenvalue weighted by molar-refractivity contribution is 0.0257. The van der Waals surface area contributed by atoms with Gasteiger partial charge in [-0.25, -0.2) is 9.59 Å². The molecule has 0 fully saturated rings. The van der Waals surface area contributed by atoms with E-state index in [9.17, 15) is 9.59 Å². The number of thioether (sulfide) groups is 1. The van der Waals surface area contributed by atoms with Crippen LogP contribution in [0, 0.1) is 0 Å². The third-order valence-electron chi connectivity index (χ3n) is 3.26. The lowest BCUT2D eigenvalue weighted by Gasteiger charge is -2.27. The Morgan fingerprint density at radius 3 is 2.73 bits per heavy atom. The quantitative estimate of drug-likeness (QED) is 0.779. The molecule has 1 aliphatic rings. The summed E-state index contributed by atoms with van der Waals surface area (Å²) in [5.41, 5.74) is -0.175. The third-order valence-corrected chi connectivity index (χ3v) is 4.09. The summed E-state index contributed by atoms with van der Waals surface area (Å²) in [4.78, 5) is 27.6. The molecule has 0 aromatic heterocycles. The summed E-state index contributed by atoms with van der Waals surface area (Å²) in [6, 6.07) is 8.60. The molecular weight excluding hydrogens is 300 g/mol. The molecule has 2 rings (SSSR count). The van der Waals surface area contributed by atoms with Crippen molar-refractivity contribution in [2.45, 2.75) is 25.3 Å². The summed E-state index contributed by atoms with van der Waals surface area (Å²) in [6.45, 7) is 2.76. The van der Waals surface area contributed by atoms with E-state index in [0.29, 0.717) is 12.1 Å². The molecule has 118 valence electrons. The number of benzene rings is 1. The normalized spacial score (nSPS) is 16.6. The maximum absolute atomic E-state index is 12.4. The van der Waals surface area contributed by atoms with Crippen LogP contribution in [0.1, 0.15) is 30.1 Å². The number of urea groups is 1. The SMILES string of the molecule is CCCCN(C)C(=O)N1C=CSC1OC(=O)c1ccccc1. The second-order valence-electron chi connectivity index (χ2n) is 4.96. The fraction of sp³-hybridized carbons (Fsp3) is 0.375. The molecule has 1 aromatic carbocycles. The van der Waals surface area contributed by atoms with Crippen molar-refractivity contribution in [2.24, 2.45) is 0 Å². The number of rotatable bonds is 5. The van der Waals surface area contributed by atoms with E-state index in [1.807, 2.05) is 6.07 Å². The first kappa shape index (κ1) is 16.4. The smallest absolute Gasteiger partial charge is 0.340 e. The van der Waals surface area contributed by atoms with E-state index in [4.69, 9.17) is 4.74 Å². The summed E-state index contributed by atoms with van der Waals surface area (Å²) in [5, 5.41) is 1.76. The molecule has 2 amide bonds. The van der Waals surface area contributed by atoms with Gasteiger partial charge in [-0.15, -0.1) is 0 Å². The molecule has 1 aliphatic heterocycles. The average Bonchev–Trinajstić information content (AvgIpc) is 3.00. The molecule has 1 aromatic rings. The highest BCUT2D eigenvalue weighted by atomic mass is 32.2. The lowest BCUT2D eigenvalue weighted by atomic mass is 10.2. The fourth-order valence-electron chi connectivity index (χ4n) is 1.96. The molecule has 5 nitrogen and oxygen atoms in total. The first-order valence-electron chi connectivity index (χ1n) is 7.25. The van der Waals surface area contributed by atoms with Crippen molar-refractivity contribution in [3.05, 3.63) is 47.5 Å². The molecule has 0 saturated heterocycles. The van der Waals surface area contributed by atoms with E-state index in [2.05, 4.69) is 6.92 Å². The van der Waals surface area contributed by atoms with Crippen LogP contribution in [0.2, 0.25) is 0 Å². The van der Waals surface area contributed by atoms with Gasteiger partial charge < -0.3 is 9.64 Å². The van der Waals surface area contributed by atoms with E-state index in [1.54, 1.807) is 47.8 Å². The number of nitrogens with zero attached hydrogens (tertiary/aromatic N) is 2. The lowest BCUT2D eigenvalue weighted by Crippen LogP contribution is -2.42. The van der Waals surface area contributed by atoms with Crippen molar-refractivity contribution in [3.63, 3.8) is 0 Å². The molecular formula is C16H20N2O3S. The molecule has 1 heterocycles. The molecule has 0 spiro atoms. The van der Waals surface area contributed by atoms with E-state index in [-0.39, 0.29) is 6.03 Å². The summed E-state index contributed by atoms with van der Waals surface area (Å²) in [5.74, 6) is -0.434. The number of hydrogen-bond donors (Lipinski definition) is 0. The zero-order valence-corrected chi connectivity index (χ0v) is 13.6. The Labute approximate surface area is 134 Å². The Balaban J connectivity index is 1.97. The number of unbranched alkanes of at least 4 members (excludes halogenated alkanes) is 1. The molecule has 22 heavy (non-hydrogen) atoms. The van der Waals surface area contributed by atoms with E-state index < -0.39 is 11.5 Å². The molecule has 1 unspecified atom stereocenters. The van der Waals surface area contributed by atoms with Gasteiger partial charge in [0.25, 0.3) is 0 Å². The minimum atomic E-state index is -0.649. The fourth-order valence-corrected chi connectivity index (χ4v) is 2.73. The summed E-state index contributed by atoms with van der Waals surface area (Å²) in [7, 11) is 1.75. The van der Waals surface area contributed by atoms with Crippen LogP contribution in [0.5, 0.6) is 0 Å². The predicted octanol–water partition coefficient (Wildman–Crippen LogP) is 3.50. The number of carbonyl (C=O) groups excluding carboxylic acids is 2. The van der Waals surface area contributed by atoms with Gasteiger partial charge in [0.05, 0.1) is 5.56 Å². The van der Waals surface area contributed by atoms with Gasteiger partial charge in [0.2, 0.25) is 5.56 Å². The van der Waals surface area contributed by atoms with E-state index >= 15 is 0 Å². The van der Waals surface area contributed by atoms with E-state index in [0.717, 1.165) is 12.8 Å². The Morgan fingerprint density at radius 1 is 1.32 bits per heavy atom. The Morgan fingerprint density at radius 2 is 2.05 bits per heavy atom. The highest BCUT2D eigenvalue weighted by molar-refractivity contribution is 8.02. The zero-order valence-electron chi connectivity index (χ0n) is 12.8. The van der Waals surface area contributed by atoms with Crippen LogP contribution in [0.3, 0.4) is 0 Å². The monoisotopic (exact) mass is 320 g/mol. The first-order valence-corrected chi connectivity index (χ1v) is 8.19. The topological polar surface area (TPSA) is 49.9 Å². The van der Waals surface area contributed by atoms with Crippen molar-refractivity contribution >= 4 is 23.8 Å². The van der Waals surface area contributed by atoms with Gasteiger partial charge in [-0.3, -0.25) is 4.90 Å². The number of esters is 1. The van der Waals surface area contributed by atoms with Crippen molar-refractivity contribution in [1.29, 1.82) is 0 Å². The Hall–Kier alpha value is -1.95. The summed E-state index contributed by atoms with van der Waals surface area (Å²) < 4.78 is 5.43. The van der Waals surface area contributed by atoms with Crippen molar-refractivity contribution in [1.82, 2.24) is 9.80 Å². The standard InChI is InChI=1S/C16H20N2O3S/c1-3-4-10-17(2)15(20)18-11-12-22-16(18)21-14(19)13-8-6-5-7-9-13/h5-9,11-12,16H,3-4,10H2,1-2H3. The van der Waals surface area contributed by atoms with Gasteiger partial charge in [0.1, 0.15) is 0 Å². The van der Waals surface area contributed by atoms with Crippen LogP contribution < -0.4 is 0 Å². The molecule has 0 N–H and O–H groups in total. The van der Waals surface area contributed by atoms with Crippen LogP contribution in [0.25, 0.3) is 0 Å². The van der Waals surface area contributed by atoms with Gasteiger partial charge >= 0.3 is 12.0 Å². The maximum atomic E-state index is 12.4.